The third-order valence-electron chi connectivity index (χ3n) is 3.92. The zero-order chi connectivity index (χ0) is 20.7. The summed E-state index contributed by atoms with van der Waals surface area (Å²) in [6, 6.07) is 8.93. The highest BCUT2D eigenvalue weighted by atomic mass is 32.2. The molecule has 2 aromatic rings. The van der Waals surface area contributed by atoms with Crippen LogP contribution in [0.3, 0.4) is 0 Å². The molecule has 0 radical (unpaired) electrons. The van der Waals surface area contributed by atoms with Gasteiger partial charge in [-0.25, -0.2) is 0 Å². The smallest absolute Gasteiger partial charge is 0.315 e. The minimum absolute atomic E-state index is 0.0673. The second-order valence-corrected chi connectivity index (χ2v) is 6.76. The van der Waals surface area contributed by atoms with Crippen molar-refractivity contribution in [1.29, 1.82) is 0 Å². The molecule has 0 heterocycles. The van der Waals surface area contributed by atoms with E-state index in [9.17, 15) is 10.1 Å². The molecule has 0 aromatic heterocycles. The molecule has 0 saturated heterocycles. The molecule has 0 atom stereocenters. The van der Waals surface area contributed by atoms with Crippen molar-refractivity contribution in [3.8, 4) is 11.5 Å². The third kappa shape index (κ3) is 5.46. The van der Waals surface area contributed by atoms with Gasteiger partial charge in [-0.2, -0.15) is 5.10 Å². The Labute approximate surface area is 167 Å². The van der Waals surface area contributed by atoms with Crippen molar-refractivity contribution in [3.63, 3.8) is 0 Å². The maximum Gasteiger partial charge on any atom is 0.315 e. The summed E-state index contributed by atoms with van der Waals surface area (Å²) < 4.78 is 11.1. The molecule has 0 unspecified atom stereocenters. The lowest BCUT2D eigenvalue weighted by molar-refractivity contribution is -0.386. The minimum Gasteiger partial charge on any atom is -0.493 e. The number of hydrogen-bond acceptors (Lipinski definition) is 7. The number of hydrogen-bond donors (Lipinski definition) is 1. The highest BCUT2D eigenvalue weighted by Crippen LogP contribution is 2.38. The van der Waals surface area contributed by atoms with E-state index < -0.39 is 4.92 Å². The van der Waals surface area contributed by atoms with Crippen LogP contribution in [0.5, 0.6) is 11.5 Å². The van der Waals surface area contributed by atoms with Crippen LogP contribution in [-0.4, -0.2) is 29.7 Å². The van der Waals surface area contributed by atoms with E-state index >= 15 is 0 Å². The fourth-order valence-corrected chi connectivity index (χ4v) is 2.54. The van der Waals surface area contributed by atoms with Crippen LogP contribution in [0.25, 0.3) is 0 Å². The highest BCUT2D eigenvalue weighted by molar-refractivity contribution is 8.13. The first-order chi connectivity index (χ1) is 13.3. The molecule has 148 valence electrons. The summed E-state index contributed by atoms with van der Waals surface area (Å²) >= 11 is 1.25. The van der Waals surface area contributed by atoms with Crippen molar-refractivity contribution in [3.05, 3.63) is 62.7 Å². The van der Waals surface area contributed by atoms with Crippen molar-refractivity contribution in [2.45, 2.75) is 20.5 Å². The number of methoxy groups -OCH3 is 1. The number of amidine groups is 1. The summed E-state index contributed by atoms with van der Waals surface area (Å²) in [7, 11) is 1.43. The molecule has 8 nitrogen and oxygen atoms in total. The molecule has 9 heteroatoms. The standard InChI is InChI=1S/C19H22N4O4S/c1-12-5-6-13(2)15(7-12)11-27-18-16(23(24)25)8-14(9-17(18)26-3)10-21-22-19(20)28-4/h5-10H,11H2,1-4H3,(H2,20,22)/b21-10-. The maximum atomic E-state index is 11.6. The van der Waals surface area contributed by atoms with Gasteiger partial charge in [0.25, 0.3) is 0 Å². The Kier molecular flexibility index (Phi) is 7.39. The first-order valence-corrected chi connectivity index (χ1v) is 9.54. The molecular formula is C19H22N4O4S. The van der Waals surface area contributed by atoms with Gasteiger partial charge in [-0.3, -0.25) is 10.1 Å². The van der Waals surface area contributed by atoms with Crippen molar-refractivity contribution >= 4 is 28.8 Å². The van der Waals surface area contributed by atoms with Crippen molar-refractivity contribution in [2.75, 3.05) is 13.4 Å². The molecule has 2 aromatic carbocycles. The summed E-state index contributed by atoms with van der Waals surface area (Å²) in [4.78, 5) is 11.1. The van der Waals surface area contributed by atoms with E-state index in [4.69, 9.17) is 15.2 Å². The number of rotatable bonds is 7. The molecule has 0 saturated carbocycles. The lowest BCUT2D eigenvalue weighted by Gasteiger charge is -2.13. The van der Waals surface area contributed by atoms with Gasteiger partial charge in [0.2, 0.25) is 5.75 Å². The van der Waals surface area contributed by atoms with Crippen LogP contribution >= 0.6 is 11.8 Å². The lowest BCUT2D eigenvalue weighted by atomic mass is 10.1. The fourth-order valence-electron chi connectivity index (χ4n) is 2.41. The molecule has 0 aliphatic rings. The van der Waals surface area contributed by atoms with E-state index in [2.05, 4.69) is 10.2 Å². The van der Waals surface area contributed by atoms with E-state index in [1.165, 1.54) is 31.2 Å². The second-order valence-electron chi connectivity index (χ2n) is 5.93. The van der Waals surface area contributed by atoms with Crippen molar-refractivity contribution < 1.29 is 14.4 Å². The van der Waals surface area contributed by atoms with Gasteiger partial charge in [-0.15, -0.1) is 5.10 Å². The largest absolute Gasteiger partial charge is 0.493 e. The molecule has 2 rings (SSSR count). The Morgan fingerprint density at radius 3 is 2.71 bits per heavy atom. The van der Waals surface area contributed by atoms with Gasteiger partial charge in [-0.1, -0.05) is 35.5 Å². The average molecular weight is 402 g/mol. The van der Waals surface area contributed by atoms with Crippen LogP contribution in [0.15, 0.2) is 40.5 Å². The summed E-state index contributed by atoms with van der Waals surface area (Å²) in [5, 5.41) is 19.5. The Hall–Kier alpha value is -3.07. The summed E-state index contributed by atoms with van der Waals surface area (Å²) in [5.41, 5.74) is 8.86. The van der Waals surface area contributed by atoms with Gasteiger partial charge in [-0.05, 0) is 37.3 Å². The third-order valence-corrected chi connectivity index (χ3v) is 4.42. The van der Waals surface area contributed by atoms with Crippen LogP contribution < -0.4 is 15.2 Å². The van der Waals surface area contributed by atoms with Gasteiger partial charge < -0.3 is 15.2 Å². The zero-order valence-electron chi connectivity index (χ0n) is 16.1. The van der Waals surface area contributed by atoms with Gasteiger partial charge in [0.05, 0.1) is 18.2 Å². The van der Waals surface area contributed by atoms with Gasteiger partial charge in [0.1, 0.15) is 6.61 Å². The van der Waals surface area contributed by atoms with E-state index in [0.29, 0.717) is 5.56 Å². The zero-order valence-corrected chi connectivity index (χ0v) is 16.9. The van der Waals surface area contributed by atoms with Crippen molar-refractivity contribution in [1.82, 2.24) is 0 Å². The molecule has 0 spiro atoms. The Morgan fingerprint density at radius 1 is 1.32 bits per heavy atom. The SMILES string of the molecule is COc1cc(/C=N\N=C(/N)SC)cc([N+](=O)[O-])c1OCc1cc(C)ccc1C. The molecule has 0 aliphatic carbocycles. The lowest BCUT2D eigenvalue weighted by Crippen LogP contribution is -2.04. The molecule has 0 bridgehead atoms. The Morgan fingerprint density at radius 2 is 2.07 bits per heavy atom. The van der Waals surface area contributed by atoms with E-state index in [1.54, 1.807) is 12.3 Å². The quantitative estimate of drug-likeness (QED) is 0.326. The molecule has 28 heavy (non-hydrogen) atoms. The summed E-state index contributed by atoms with van der Waals surface area (Å²) in [6.45, 7) is 4.13. The molecule has 0 aliphatic heterocycles. The van der Waals surface area contributed by atoms with E-state index in [0.717, 1.165) is 16.7 Å². The number of thioether (sulfide) groups is 1. The number of ether oxygens (including phenoxy) is 2. The second kappa shape index (κ2) is 9.75. The van der Waals surface area contributed by atoms with Crippen LogP contribution in [0.2, 0.25) is 0 Å². The Balaban J connectivity index is 2.37. The topological polar surface area (TPSA) is 112 Å². The number of nitrogens with zero attached hydrogens (tertiary/aromatic N) is 3. The molecule has 0 fully saturated rings. The summed E-state index contributed by atoms with van der Waals surface area (Å²) in [6.07, 6.45) is 3.14. The fraction of sp³-hybridized carbons (Fsp3) is 0.263. The first kappa shape index (κ1) is 21.2. The van der Waals surface area contributed by atoms with E-state index in [-0.39, 0.29) is 29.0 Å². The highest BCUT2D eigenvalue weighted by Gasteiger charge is 2.22. The molecular weight excluding hydrogens is 380 g/mol. The summed E-state index contributed by atoms with van der Waals surface area (Å²) in [5.74, 6) is 0.306. The number of nitrogens with two attached hydrogens (primary N) is 1. The predicted octanol–water partition coefficient (Wildman–Crippen LogP) is 3.81. The van der Waals surface area contributed by atoms with Gasteiger partial charge in [0, 0.05) is 11.6 Å². The number of aryl methyl sites for hydroxylation is 2. The van der Waals surface area contributed by atoms with Gasteiger partial charge >= 0.3 is 5.69 Å². The number of benzene rings is 2. The average Bonchev–Trinajstić information content (AvgIpc) is 2.68. The molecule has 2 N–H and O–H groups in total. The van der Waals surface area contributed by atoms with Crippen LogP contribution in [0.1, 0.15) is 22.3 Å². The number of nitro benzene ring substituents is 1. The van der Waals surface area contributed by atoms with E-state index in [1.807, 2.05) is 32.0 Å². The number of nitro groups is 1. The first-order valence-electron chi connectivity index (χ1n) is 8.31. The molecule has 0 amide bonds. The maximum absolute atomic E-state index is 11.6. The monoisotopic (exact) mass is 402 g/mol. The van der Waals surface area contributed by atoms with Crippen LogP contribution in [0.4, 0.5) is 5.69 Å². The predicted molar refractivity (Wildman–Crippen MR) is 113 cm³/mol. The Bertz CT molecular complexity index is 928. The van der Waals surface area contributed by atoms with Crippen LogP contribution in [0, 0.1) is 24.0 Å². The van der Waals surface area contributed by atoms with Crippen LogP contribution in [-0.2, 0) is 6.61 Å². The van der Waals surface area contributed by atoms with Crippen molar-refractivity contribution in [2.24, 2.45) is 15.9 Å². The minimum atomic E-state index is -0.516. The van der Waals surface area contributed by atoms with Gasteiger partial charge in [0.15, 0.2) is 10.9 Å². The normalized spacial score (nSPS) is 11.6.